The first-order chi connectivity index (χ1) is 10.8. The molecule has 0 aliphatic rings. The Balaban J connectivity index is 2.03. The highest BCUT2D eigenvalue weighted by Gasteiger charge is 2.30. The van der Waals surface area contributed by atoms with Crippen LogP contribution in [0.25, 0.3) is 10.9 Å². The van der Waals surface area contributed by atoms with Crippen LogP contribution in [0.4, 0.5) is 17.6 Å². The van der Waals surface area contributed by atoms with E-state index in [0.717, 1.165) is 36.7 Å². The number of fused-ring (bicyclic) bond motifs is 1. The van der Waals surface area contributed by atoms with Gasteiger partial charge in [-0.2, -0.15) is 13.2 Å². The van der Waals surface area contributed by atoms with E-state index in [-0.39, 0.29) is 22.4 Å². The number of aromatic nitrogens is 2. The number of nitrogens with one attached hydrogen (secondary N) is 1. The Morgan fingerprint density at radius 2 is 1.91 bits per heavy atom. The average Bonchev–Trinajstić information content (AvgIpc) is 2.48. The molecule has 0 aliphatic carbocycles. The van der Waals surface area contributed by atoms with Crippen LogP contribution in [0.3, 0.4) is 0 Å². The van der Waals surface area contributed by atoms with Crippen LogP contribution in [0.5, 0.6) is 11.5 Å². The molecule has 1 aromatic heterocycles. The molecule has 1 N–H and O–H groups in total. The van der Waals surface area contributed by atoms with Crippen molar-refractivity contribution in [3.05, 3.63) is 64.5 Å². The Morgan fingerprint density at radius 3 is 2.65 bits per heavy atom. The molecule has 0 unspecified atom stereocenters. The molecule has 1 heterocycles. The Kier molecular flexibility index (Phi) is 3.51. The molecule has 4 nitrogen and oxygen atoms in total. The van der Waals surface area contributed by atoms with Gasteiger partial charge in [0.25, 0.3) is 5.56 Å². The summed E-state index contributed by atoms with van der Waals surface area (Å²) in [6, 6.07) is 6.09. The zero-order chi connectivity index (χ0) is 16.6. The van der Waals surface area contributed by atoms with Crippen LogP contribution in [0.2, 0.25) is 0 Å². The first-order valence-corrected chi connectivity index (χ1v) is 6.36. The number of alkyl halides is 3. The number of halogens is 4. The summed E-state index contributed by atoms with van der Waals surface area (Å²) in [5.41, 5.74) is -1.32. The molecule has 2 aromatic carbocycles. The maximum absolute atomic E-state index is 14.0. The first-order valence-electron chi connectivity index (χ1n) is 6.36. The SMILES string of the molecule is O=c1[nH]cnc2cc(F)c(Oc3cccc(C(F)(F)F)c3)cc12. The van der Waals surface area contributed by atoms with Crippen molar-refractivity contribution in [2.75, 3.05) is 0 Å². The minimum atomic E-state index is -4.54. The molecule has 3 aromatic rings. The fourth-order valence-electron chi connectivity index (χ4n) is 2.01. The number of nitrogens with zero attached hydrogens (tertiary/aromatic N) is 1. The zero-order valence-electron chi connectivity index (χ0n) is 11.3. The third-order valence-corrected chi connectivity index (χ3v) is 3.08. The van der Waals surface area contributed by atoms with E-state index in [2.05, 4.69) is 9.97 Å². The van der Waals surface area contributed by atoms with Crippen LogP contribution < -0.4 is 10.3 Å². The summed E-state index contributed by atoms with van der Waals surface area (Å²) < 4.78 is 57.1. The lowest BCUT2D eigenvalue weighted by Gasteiger charge is -2.11. The molecule has 0 saturated carbocycles. The molecule has 118 valence electrons. The van der Waals surface area contributed by atoms with Crippen molar-refractivity contribution in [1.82, 2.24) is 9.97 Å². The normalized spacial score (nSPS) is 11.7. The molecule has 23 heavy (non-hydrogen) atoms. The van der Waals surface area contributed by atoms with Crippen molar-refractivity contribution in [3.8, 4) is 11.5 Å². The van der Waals surface area contributed by atoms with E-state index >= 15 is 0 Å². The van der Waals surface area contributed by atoms with Crippen molar-refractivity contribution < 1.29 is 22.3 Å². The lowest BCUT2D eigenvalue weighted by Crippen LogP contribution is -2.07. The van der Waals surface area contributed by atoms with Gasteiger partial charge in [0.15, 0.2) is 11.6 Å². The van der Waals surface area contributed by atoms with Gasteiger partial charge in [0.05, 0.1) is 22.8 Å². The standard InChI is InChI=1S/C15H8F4N2O2/c16-11-6-12-10(14(22)21-7-20-12)5-13(11)23-9-3-1-2-8(4-9)15(17,18)19/h1-7H,(H,20,21,22). The first kappa shape index (κ1) is 15.0. The highest BCUT2D eigenvalue weighted by atomic mass is 19.4. The average molecular weight is 324 g/mol. The fraction of sp³-hybridized carbons (Fsp3) is 0.0667. The highest BCUT2D eigenvalue weighted by Crippen LogP contribution is 2.33. The van der Waals surface area contributed by atoms with Crippen molar-refractivity contribution in [2.45, 2.75) is 6.18 Å². The van der Waals surface area contributed by atoms with Crippen LogP contribution in [0.1, 0.15) is 5.56 Å². The minimum absolute atomic E-state index is 0.0656. The Morgan fingerprint density at radius 1 is 1.13 bits per heavy atom. The van der Waals surface area contributed by atoms with Gasteiger partial charge in [0.2, 0.25) is 0 Å². The number of benzene rings is 2. The molecule has 0 radical (unpaired) electrons. The zero-order valence-corrected chi connectivity index (χ0v) is 11.3. The molecule has 3 rings (SSSR count). The lowest BCUT2D eigenvalue weighted by atomic mass is 10.2. The molecule has 0 spiro atoms. The third-order valence-electron chi connectivity index (χ3n) is 3.08. The summed E-state index contributed by atoms with van der Waals surface area (Å²) in [6.07, 6.45) is -3.42. The van der Waals surface area contributed by atoms with Gasteiger partial charge in [-0.25, -0.2) is 9.37 Å². The van der Waals surface area contributed by atoms with E-state index in [0.29, 0.717) is 0 Å². The third kappa shape index (κ3) is 3.01. The van der Waals surface area contributed by atoms with E-state index in [4.69, 9.17) is 4.74 Å². The number of aromatic amines is 1. The molecule has 0 fully saturated rings. The van der Waals surface area contributed by atoms with Gasteiger partial charge in [-0.1, -0.05) is 6.07 Å². The number of hydrogen-bond donors (Lipinski definition) is 1. The van der Waals surface area contributed by atoms with E-state index < -0.39 is 23.1 Å². The fourth-order valence-corrected chi connectivity index (χ4v) is 2.01. The van der Waals surface area contributed by atoms with E-state index in [1.807, 2.05) is 0 Å². The number of H-pyrrole nitrogens is 1. The van der Waals surface area contributed by atoms with Crippen LogP contribution in [-0.2, 0) is 6.18 Å². The Bertz CT molecular complexity index is 935. The molecule has 0 aliphatic heterocycles. The van der Waals surface area contributed by atoms with Crippen LogP contribution in [-0.4, -0.2) is 9.97 Å². The summed E-state index contributed by atoms with van der Waals surface area (Å²) in [5, 5.41) is 0.0656. The van der Waals surface area contributed by atoms with Gasteiger partial charge >= 0.3 is 6.18 Å². The number of ether oxygens (including phenoxy) is 1. The highest BCUT2D eigenvalue weighted by molar-refractivity contribution is 5.79. The van der Waals surface area contributed by atoms with Gasteiger partial charge in [-0.05, 0) is 24.3 Å². The molecular weight excluding hydrogens is 316 g/mol. The minimum Gasteiger partial charge on any atom is -0.454 e. The van der Waals surface area contributed by atoms with Gasteiger partial charge in [0, 0.05) is 6.07 Å². The largest absolute Gasteiger partial charge is 0.454 e. The topological polar surface area (TPSA) is 55.0 Å². The van der Waals surface area contributed by atoms with E-state index in [1.165, 1.54) is 6.07 Å². The summed E-state index contributed by atoms with van der Waals surface area (Å²) in [7, 11) is 0. The van der Waals surface area contributed by atoms with Crippen molar-refractivity contribution >= 4 is 10.9 Å². The van der Waals surface area contributed by atoms with Crippen molar-refractivity contribution in [3.63, 3.8) is 0 Å². The monoisotopic (exact) mass is 324 g/mol. The van der Waals surface area contributed by atoms with Crippen LogP contribution in [0, 0.1) is 5.82 Å². The molecule has 8 heteroatoms. The quantitative estimate of drug-likeness (QED) is 0.728. The van der Waals surface area contributed by atoms with E-state index in [1.54, 1.807) is 0 Å². The second kappa shape index (κ2) is 5.38. The number of hydrogen-bond acceptors (Lipinski definition) is 3. The summed E-state index contributed by atoms with van der Waals surface area (Å²) in [6.45, 7) is 0. The van der Waals surface area contributed by atoms with Crippen molar-refractivity contribution in [1.29, 1.82) is 0 Å². The summed E-state index contributed by atoms with van der Waals surface area (Å²) in [5.74, 6) is -1.40. The molecule has 0 atom stereocenters. The van der Waals surface area contributed by atoms with Gasteiger partial charge < -0.3 is 9.72 Å². The van der Waals surface area contributed by atoms with Crippen LogP contribution in [0.15, 0.2) is 47.5 Å². The molecular formula is C15H8F4N2O2. The predicted molar refractivity (Wildman–Crippen MR) is 73.8 cm³/mol. The maximum atomic E-state index is 14.0. The Labute approximate surface area is 126 Å². The van der Waals surface area contributed by atoms with Crippen molar-refractivity contribution in [2.24, 2.45) is 0 Å². The van der Waals surface area contributed by atoms with Gasteiger partial charge in [0.1, 0.15) is 5.75 Å². The second-order valence-electron chi connectivity index (χ2n) is 4.66. The molecule has 0 bridgehead atoms. The number of rotatable bonds is 2. The maximum Gasteiger partial charge on any atom is 0.416 e. The van der Waals surface area contributed by atoms with Crippen LogP contribution >= 0.6 is 0 Å². The smallest absolute Gasteiger partial charge is 0.416 e. The summed E-state index contributed by atoms with van der Waals surface area (Å²) >= 11 is 0. The summed E-state index contributed by atoms with van der Waals surface area (Å²) in [4.78, 5) is 17.8. The van der Waals surface area contributed by atoms with E-state index in [9.17, 15) is 22.4 Å². The lowest BCUT2D eigenvalue weighted by molar-refractivity contribution is -0.137. The predicted octanol–water partition coefficient (Wildman–Crippen LogP) is 3.87. The van der Waals surface area contributed by atoms with Gasteiger partial charge in [-0.15, -0.1) is 0 Å². The molecule has 0 saturated heterocycles. The second-order valence-corrected chi connectivity index (χ2v) is 4.66. The molecule has 0 amide bonds. The van der Waals surface area contributed by atoms with Gasteiger partial charge in [-0.3, -0.25) is 4.79 Å². The Hall–Kier alpha value is -2.90.